The van der Waals surface area contributed by atoms with E-state index in [0.717, 1.165) is 57.8 Å². The Morgan fingerprint density at radius 1 is 0.769 bits per heavy atom. The summed E-state index contributed by atoms with van der Waals surface area (Å²) in [5, 5.41) is 0. The smallest absolute Gasteiger partial charge is 0.348 e. The van der Waals surface area contributed by atoms with E-state index in [1.165, 1.54) is 32.1 Å². The van der Waals surface area contributed by atoms with Gasteiger partial charge in [-0.15, -0.1) is 0 Å². The lowest BCUT2D eigenvalue weighted by atomic mass is 9.85. The number of carbonyl (C=O) groups excluding carboxylic acids is 3. The first kappa shape index (κ1) is 41.7. The molecule has 0 spiro atoms. The second-order valence-electron chi connectivity index (χ2n) is 15.5. The van der Waals surface area contributed by atoms with Crippen molar-refractivity contribution in [3.8, 4) is 0 Å². The maximum atomic E-state index is 15.1. The highest BCUT2D eigenvalue weighted by Gasteiger charge is 2.49. The molecule has 1 heterocycles. The Balaban J connectivity index is 1.62. The standard InChI is InChI=1S/C45H66O7/c1-4-6-8-9-10-11-12-20-26-42(51-43(47)37-29-30-49-34-37)52-45(38-21-16-13-17-22-38,39-23-18-14-19-24-39)44(48)50-41-31-35(3)27-28-36(33-41)32-40(46)25-15-7-5-2/h13-14,16-19,21-24,35-37,41-42H,4-12,15,20,25-34H2,1-3H3. The van der Waals surface area contributed by atoms with Crippen LogP contribution in [0.1, 0.15) is 154 Å². The minimum Gasteiger partial charge on any atom is -0.460 e. The van der Waals surface area contributed by atoms with Crippen LogP contribution in [0.15, 0.2) is 60.7 Å². The Hall–Kier alpha value is -3.03. The van der Waals surface area contributed by atoms with Crippen molar-refractivity contribution in [2.45, 2.75) is 161 Å². The van der Waals surface area contributed by atoms with E-state index in [1.54, 1.807) is 0 Å². The van der Waals surface area contributed by atoms with Crippen molar-refractivity contribution in [3.63, 3.8) is 0 Å². The molecule has 2 aromatic carbocycles. The van der Waals surface area contributed by atoms with E-state index in [4.69, 9.17) is 18.9 Å². The molecule has 0 N–H and O–H groups in total. The molecule has 5 unspecified atom stereocenters. The summed E-state index contributed by atoms with van der Waals surface area (Å²) in [4.78, 5) is 41.5. The number of rotatable bonds is 23. The molecule has 1 saturated heterocycles. The number of hydrogen-bond acceptors (Lipinski definition) is 7. The lowest BCUT2D eigenvalue weighted by Gasteiger charge is -2.37. The zero-order valence-corrected chi connectivity index (χ0v) is 32.4. The summed E-state index contributed by atoms with van der Waals surface area (Å²) in [7, 11) is 0. The first-order valence-electron chi connectivity index (χ1n) is 20.7. The highest BCUT2D eigenvalue weighted by Crippen LogP contribution is 2.40. The SMILES string of the molecule is CCCCCCCCCCC(OC(=O)C1CCOC1)OC(C(=O)OC1CC(C)CCC(CC(=O)CCCCC)C1)(c1ccccc1)c1ccccc1. The van der Waals surface area contributed by atoms with Crippen molar-refractivity contribution in [2.75, 3.05) is 13.2 Å². The maximum absolute atomic E-state index is 15.1. The number of ether oxygens (including phenoxy) is 4. The van der Waals surface area contributed by atoms with Gasteiger partial charge in [0.25, 0.3) is 0 Å². The number of benzene rings is 2. The van der Waals surface area contributed by atoms with E-state index in [2.05, 4.69) is 20.8 Å². The number of unbranched alkanes of at least 4 members (excludes halogenated alkanes) is 9. The summed E-state index contributed by atoms with van der Waals surface area (Å²) in [5.41, 5.74) is -0.436. The van der Waals surface area contributed by atoms with E-state index in [1.807, 2.05) is 60.7 Å². The van der Waals surface area contributed by atoms with Crippen LogP contribution in [0.3, 0.4) is 0 Å². The molecule has 1 saturated carbocycles. The number of ketones is 1. The van der Waals surface area contributed by atoms with Gasteiger partial charge in [-0.1, -0.05) is 146 Å². The summed E-state index contributed by atoms with van der Waals surface area (Å²) in [6.07, 6.45) is 16.4. The second kappa shape index (κ2) is 22.9. The van der Waals surface area contributed by atoms with Crippen LogP contribution < -0.4 is 0 Å². The minimum atomic E-state index is -1.68. The van der Waals surface area contributed by atoms with Gasteiger partial charge >= 0.3 is 11.9 Å². The van der Waals surface area contributed by atoms with Gasteiger partial charge in [-0.2, -0.15) is 0 Å². The fourth-order valence-corrected chi connectivity index (χ4v) is 7.85. The summed E-state index contributed by atoms with van der Waals surface area (Å²) < 4.78 is 25.3. The number of esters is 2. The van der Waals surface area contributed by atoms with Crippen LogP contribution in [0.4, 0.5) is 0 Å². The van der Waals surface area contributed by atoms with Gasteiger partial charge in [0.15, 0.2) is 0 Å². The third-order valence-electron chi connectivity index (χ3n) is 10.9. The Morgan fingerprint density at radius 2 is 1.38 bits per heavy atom. The zero-order chi connectivity index (χ0) is 37.0. The molecule has 0 bridgehead atoms. The van der Waals surface area contributed by atoms with Crippen LogP contribution in [0.2, 0.25) is 0 Å². The predicted octanol–water partition coefficient (Wildman–Crippen LogP) is 10.7. The van der Waals surface area contributed by atoms with Crippen LogP contribution in [0.5, 0.6) is 0 Å². The van der Waals surface area contributed by atoms with Gasteiger partial charge in [-0.3, -0.25) is 9.59 Å². The molecule has 0 amide bonds. The van der Waals surface area contributed by atoms with Gasteiger partial charge in [0, 0.05) is 25.9 Å². The van der Waals surface area contributed by atoms with Gasteiger partial charge in [0.05, 0.1) is 12.5 Å². The van der Waals surface area contributed by atoms with Gasteiger partial charge in [0.2, 0.25) is 11.9 Å². The fraction of sp³-hybridized carbons (Fsp3) is 0.667. The normalized spacial score (nSPS) is 21.3. The molecule has 7 nitrogen and oxygen atoms in total. The van der Waals surface area contributed by atoms with Crippen molar-refractivity contribution in [1.82, 2.24) is 0 Å². The zero-order valence-electron chi connectivity index (χ0n) is 32.4. The van der Waals surface area contributed by atoms with Crippen molar-refractivity contribution < 1.29 is 33.3 Å². The summed E-state index contributed by atoms with van der Waals surface area (Å²) in [6, 6.07) is 19.0. The molecular formula is C45H66O7. The van der Waals surface area contributed by atoms with Gasteiger partial charge < -0.3 is 18.9 Å². The van der Waals surface area contributed by atoms with Crippen molar-refractivity contribution in [1.29, 1.82) is 0 Å². The average molecular weight is 719 g/mol. The molecule has 2 fully saturated rings. The molecule has 7 heteroatoms. The van der Waals surface area contributed by atoms with Crippen LogP contribution in [0, 0.1) is 17.8 Å². The second-order valence-corrected chi connectivity index (χ2v) is 15.5. The molecule has 52 heavy (non-hydrogen) atoms. The van der Waals surface area contributed by atoms with Crippen LogP contribution in [0.25, 0.3) is 0 Å². The monoisotopic (exact) mass is 718 g/mol. The Labute approximate surface area is 313 Å². The van der Waals surface area contributed by atoms with Gasteiger partial charge in [0.1, 0.15) is 11.9 Å². The Morgan fingerprint density at radius 3 is 2.00 bits per heavy atom. The highest BCUT2D eigenvalue weighted by atomic mass is 16.7. The van der Waals surface area contributed by atoms with E-state index in [0.29, 0.717) is 68.1 Å². The molecule has 4 rings (SSSR count). The highest BCUT2D eigenvalue weighted by molar-refractivity contribution is 5.86. The third-order valence-corrected chi connectivity index (χ3v) is 10.9. The largest absolute Gasteiger partial charge is 0.460 e. The molecular weight excluding hydrogens is 652 g/mol. The quantitative estimate of drug-likeness (QED) is 0.0489. The van der Waals surface area contributed by atoms with Crippen molar-refractivity contribution in [3.05, 3.63) is 71.8 Å². The molecule has 0 radical (unpaired) electrons. The maximum Gasteiger partial charge on any atom is 0.348 e. The molecule has 288 valence electrons. The molecule has 1 aliphatic heterocycles. The lowest BCUT2D eigenvalue weighted by molar-refractivity contribution is -0.225. The first-order valence-corrected chi connectivity index (χ1v) is 20.7. The van der Waals surface area contributed by atoms with E-state index < -0.39 is 17.9 Å². The molecule has 0 aromatic heterocycles. The first-order chi connectivity index (χ1) is 25.3. The summed E-state index contributed by atoms with van der Waals surface area (Å²) in [6.45, 7) is 7.44. The van der Waals surface area contributed by atoms with Gasteiger partial charge in [-0.05, 0) is 61.5 Å². The number of carbonyl (C=O) groups is 3. The fourth-order valence-electron chi connectivity index (χ4n) is 7.85. The summed E-state index contributed by atoms with van der Waals surface area (Å²) in [5.74, 6) is -0.389. The van der Waals surface area contributed by atoms with E-state index in [9.17, 15) is 9.59 Å². The molecule has 1 aliphatic carbocycles. The predicted molar refractivity (Wildman–Crippen MR) is 206 cm³/mol. The Kier molecular flexibility index (Phi) is 18.4. The molecule has 5 atom stereocenters. The van der Waals surface area contributed by atoms with Gasteiger partial charge in [-0.25, -0.2) is 4.79 Å². The van der Waals surface area contributed by atoms with Crippen molar-refractivity contribution >= 4 is 17.7 Å². The Bertz CT molecular complexity index is 1270. The number of Topliss-reactive ketones (excluding diaryl/α,β-unsaturated/α-hetero) is 1. The van der Waals surface area contributed by atoms with Crippen LogP contribution >= 0.6 is 0 Å². The number of hydrogen-bond donors (Lipinski definition) is 0. The summed E-state index contributed by atoms with van der Waals surface area (Å²) >= 11 is 0. The van der Waals surface area contributed by atoms with Crippen molar-refractivity contribution in [2.24, 2.45) is 17.8 Å². The van der Waals surface area contributed by atoms with E-state index >= 15 is 4.79 Å². The van der Waals surface area contributed by atoms with E-state index in [-0.39, 0.29) is 23.9 Å². The molecule has 2 aliphatic rings. The third kappa shape index (κ3) is 13.1. The average Bonchev–Trinajstić information content (AvgIpc) is 3.64. The minimum absolute atomic E-state index is 0.171. The van der Waals surface area contributed by atoms with Crippen LogP contribution in [-0.4, -0.2) is 43.3 Å². The topological polar surface area (TPSA) is 88.1 Å². The molecule has 2 aromatic rings. The lowest BCUT2D eigenvalue weighted by Crippen LogP contribution is -2.47. The van der Waals surface area contributed by atoms with Crippen LogP contribution in [-0.2, 0) is 38.9 Å².